The van der Waals surface area contributed by atoms with Crippen LogP contribution >= 0.6 is 12.2 Å². The van der Waals surface area contributed by atoms with E-state index < -0.39 is 0 Å². The molecule has 3 aromatic rings. The predicted molar refractivity (Wildman–Crippen MR) is 81.7 cm³/mol. The summed E-state index contributed by atoms with van der Waals surface area (Å²) in [4.78, 5) is 0.416. The molecule has 0 saturated carbocycles. The SMILES string of the molecule is Cc1cnn(-c2ccc(C(N)=S)c3ccccc23)c1. The molecular formula is C15H13N3S. The zero-order valence-corrected chi connectivity index (χ0v) is 11.3. The summed E-state index contributed by atoms with van der Waals surface area (Å²) in [7, 11) is 0. The van der Waals surface area contributed by atoms with Gasteiger partial charge in [0.15, 0.2) is 0 Å². The molecule has 3 rings (SSSR count). The maximum absolute atomic E-state index is 5.78. The Morgan fingerprint density at radius 2 is 1.89 bits per heavy atom. The Labute approximate surface area is 116 Å². The van der Waals surface area contributed by atoms with E-state index in [2.05, 4.69) is 11.2 Å². The van der Waals surface area contributed by atoms with Crippen molar-refractivity contribution in [1.29, 1.82) is 0 Å². The molecule has 0 spiro atoms. The summed E-state index contributed by atoms with van der Waals surface area (Å²) in [5.74, 6) is 0. The van der Waals surface area contributed by atoms with E-state index in [1.54, 1.807) is 0 Å². The third-order valence-electron chi connectivity index (χ3n) is 3.13. The standard InChI is InChI=1S/C15H13N3S/c1-10-8-17-18(9-10)14-7-6-13(15(16)19)11-4-2-3-5-12(11)14/h2-9H,1H3,(H2,16,19). The number of nitrogens with two attached hydrogens (primary N) is 1. The summed E-state index contributed by atoms with van der Waals surface area (Å²) < 4.78 is 1.88. The Kier molecular flexibility index (Phi) is 2.80. The van der Waals surface area contributed by atoms with Gasteiger partial charge in [-0.25, -0.2) is 4.68 Å². The number of hydrogen-bond acceptors (Lipinski definition) is 2. The van der Waals surface area contributed by atoms with Gasteiger partial charge in [-0.15, -0.1) is 0 Å². The van der Waals surface area contributed by atoms with E-state index >= 15 is 0 Å². The minimum atomic E-state index is 0.416. The van der Waals surface area contributed by atoms with Crippen molar-refractivity contribution in [2.75, 3.05) is 0 Å². The van der Waals surface area contributed by atoms with Crippen LogP contribution in [0.2, 0.25) is 0 Å². The zero-order chi connectivity index (χ0) is 13.4. The van der Waals surface area contributed by atoms with Crippen LogP contribution in [0.3, 0.4) is 0 Å². The van der Waals surface area contributed by atoms with Crippen molar-refractivity contribution in [2.24, 2.45) is 5.73 Å². The van der Waals surface area contributed by atoms with Gasteiger partial charge in [-0.1, -0.05) is 36.5 Å². The van der Waals surface area contributed by atoms with Gasteiger partial charge >= 0.3 is 0 Å². The first kappa shape index (κ1) is 11.9. The highest BCUT2D eigenvalue weighted by atomic mass is 32.1. The Bertz CT molecular complexity index is 774. The number of thiocarbonyl (C=S) groups is 1. The fraction of sp³-hybridized carbons (Fsp3) is 0.0667. The van der Waals surface area contributed by atoms with E-state index in [1.807, 2.05) is 54.3 Å². The highest BCUT2D eigenvalue weighted by molar-refractivity contribution is 7.80. The van der Waals surface area contributed by atoms with Crippen LogP contribution in [0.4, 0.5) is 0 Å². The number of hydrogen-bond donors (Lipinski definition) is 1. The van der Waals surface area contributed by atoms with E-state index in [0.29, 0.717) is 4.99 Å². The van der Waals surface area contributed by atoms with Gasteiger partial charge < -0.3 is 5.73 Å². The molecule has 0 aliphatic carbocycles. The lowest BCUT2D eigenvalue weighted by atomic mass is 10.0. The van der Waals surface area contributed by atoms with Crippen LogP contribution in [-0.2, 0) is 0 Å². The van der Waals surface area contributed by atoms with Crippen LogP contribution in [0.15, 0.2) is 48.8 Å². The maximum Gasteiger partial charge on any atom is 0.104 e. The van der Waals surface area contributed by atoms with Crippen LogP contribution in [0.25, 0.3) is 16.5 Å². The first-order valence-corrected chi connectivity index (χ1v) is 6.41. The Morgan fingerprint density at radius 3 is 2.53 bits per heavy atom. The summed E-state index contributed by atoms with van der Waals surface area (Å²) in [6, 6.07) is 12.0. The van der Waals surface area contributed by atoms with Crippen molar-refractivity contribution in [1.82, 2.24) is 9.78 Å². The van der Waals surface area contributed by atoms with Gasteiger partial charge in [0.1, 0.15) is 4.99 Å². The van der Waals surface area contributed by atoms with Crippen molar-refractivity contribution >= 4 is 28.0 Å². The molecule has 0 aliphatic heterocycles. The highest BCUT2D eigenvalue weighted by Crippen LogP contribution is 2.25. The monoisotopic (exact) mass is 267 g/mol. The minimum Gasteiger partial charge on any atom is -0.389 e. The molecule has 19 heavy (non-hydrogen) atoms. The molecule has 0 saturated heterocycles. The van der Waals surface area contributed by atoms with E-state index in [0.717, 1.165) is 27.6 Å². The molecule has 0 bridgehead atoms. The number of aryl methyl sites for hydroxylation is 1. The van der Waals surface area contributed by atoms with E-state index in [4.69, 9.17) is 18.0 Å². The van der Waals surface area contributed by atoms with Gasteiger partial charge in [0.25, 0.3) is 0 Å². The molecular weight excluding hydrogens is 254 g/mol. The third-order valence-corrected chi connectivity index (χ3v) is 3.34. The van der Waals surface area contributed by atoms with Gasteiger partial charge in [0, 0.05) is 17.1 Å². The minimum absolute atomic E-state index is 0.416. The normalized spacial score (nSPS) is 10.8. The number of benzene rings is 2. The number of rotatable bonds is 2. The van der Waals surface area contributed by atoms with Crippen molar-refractivity contribution in [3.8, 4) is 5.69 Å². The van der Waals surface area contributed by atoms with Crippen LogP contribution in [0.5, 0.6) is 0 Å². The van der Waals surface area contributed by atoms with Gasteiger partial charge in [0.2, 0.25) is 0 Å². The molecule has 0 radical (unpaired) electrons. The van der Waals surface area contributed by atoms with Crippen LogP contribution in [0, 0.1) is 6.92 Å². The van der Waals surface area contributed by atoms with Crippen molar-refractivity contribution in [3.05, 3.63) is 59.9 Å². The van der Waals surface area contributed by atoms with E-state index in [9.17, 15) is 0 Å². The average molecular weight is 267 g/mol. The highest BCUT2D eigenvalue weighted by Gasteiger charge is 2.09. The van der Waals surface area contributed by atoms with Gasteiger partial charge in [-0.2, -0.15) is 5.10 Å². The van der Waals surface area contributed by atoms with Crippen molar-refractivity contribution in [3.63, 3.8) is 0 Å². The molecule has 94 valence electrons. The molecule has 0 aliphatic rings. The molecule has 1 heterocycles. The Morgan fingerprint density at radius 1 is 1.16 bits per heavy atom. The van der Waals surface area contributed by atoms with E-state index in [1.165, 1.54) is 0 Å². The molecule has 0 amide bonds. The molecule has 1 aromatic heterocycles. The molecule has 0 fully saturated rings. The Balaban J connectivity index is 2.34. The van der Waals surface area contributed by atoms with Crippen LogP contribution < -0.4 is 5.73 Å². The summed E-state index contributed by atoms with van der Waals surface area (Å²) >= 11 is 5.11. The van der Waals surface area contributed by atoms with Gasteiger partial charge in [-0.3, -0.25) is 0 Å². The second-order valence-corrected chi connectivity index (χ2v) is 4.94. The predicted octanol–water partition coefficient (Wildman–Crippen LogP) is 2.97. The smallest absolute Gasteiger partial charge is 0.104 e. The molecule has 0 unspecified atom stereocenters. The summed E-state index contributed by atoms with van der Waals surface area (Å²) in [5.41, 5.74) is 8.84. The fourth-order valence-electron chi connectivity index (χ4n) is 2.24. The van der Waals surface area contributed by atoms with Crippen LogP contribution in [0.1, 0.15) is 11.1 Å². The molecule has 2 aromatic carbocycles. The quantitative estimate of drug-likeness (QED) is 0.726. The topological polar surface area (TPSA) is 43.8 Å². The molecule has 3 nitrogen and oxygen atoms in total. The summed E-state index contributed by atoms with van der Waals surface area (Å²) in [6.45, 7) is 2.02. The molecule has 0 atom stereocenters. The van der Waals surface area contributed by atoms with Gasteiger partial charge in [-0.05, 0) is 30.0 Å². The lowest BCUT2D eigenvalue weighted by Gasteiger charge is -2.10. The van der Waals surface area contributed by atoms with Crippen LogP contribution in [-0.4, -0.2) is 14.8 Å². The number of aromatic nitrogens is 2. The summed E-state index contributed by atoms with van der Waals surface area (Å²) in [5, 5.41) is 6.51. The first-order chi connectivity index (χ1) is 9.16. The second kappa shape index (κ2) is 4.48. The van der Waals surface area contributed by atoms with Gasteiger partial charge in [0.05, 0.1) is 11.9 Å². The average Bonchev–Trinajstić information content (AvgIpc) is 2.83. The Hall–Kier alpha value is -2.20. The van der Waals surface area contributed by atoms with Crippen molar-refractivity contribution in [2.45, 2.75) is 6.92 Å². The third kappa shape index (κ3) is 2.00. The first-order valence-electron chi connectivity index (χ1n) is 6.00. The lowest BCUT2D eigenvalue weighted by Crippen LogP contribution is -2.10. The number of fused-ring (bicyclic) bond motifs is 1. The molecule has 4 heteroatoms. The maximum atomic E-state index is 5.78. The second-order valence-electron chi connectivity index (χ2n) is 4.50. The summed E-state index contributed by atoms with van der Waals surface area (Å²) in [6.07, 6.45) is 3.85. The zero-order valence-electron chi connectivity index (χ0n) is 10.5. The largest absolute Gasteiger partial charge is 0.389 e. The van der Waals surface area contributed by atoms with Crippen molar-refractivity contribution < 1.29 is 0 Å². The van der Waals surface area contributed by atoms with E-state index in [-0.39, 0.29) is 0 Å². The lowest BCUT2D eigenvalue weighted by molar-refractivity contribution is 0.887. The fourth-order valence-corrected chi connectivity index (χ4v) is 2.42. The number of nitrogens with zero attached hydrogens (tertiary/aromatic N) is 2. The molecule has 2 N–H and O–H groups in total.